The summed E-state index contributed by atoms with van der Waals surface area (Å²) >= 11 is 0. The lowest BCUT2D eigenvalue weighted by Crippen LogP contribution is -2.25. The van der Waals surface area contributed by atoms with Crippen LogP contribution in [0.15, 0.2) is 60.7 Å². The van der Waals surface area contributed by atoms with E-state index in [0.717, 1.165) is 0 Å². The van der Waals surface area contributed by atoms with Gasteiger partial charge in [-0.2, -0.15) is 0 Å². The molecule has 1 atom stereocenters. The van der Waals surface area contributed by atoms with Crippen molar-refractivity contribution in [3.8, 4) is 0 Å². The molecule has 0 saturated heterocycles. The molecule has 2 aromatic rings. The zero-order chi connectivity index (χ0) is 16.5. The lowest BCUT2D eigenvalue weighted by Gasteiger charge is -2.21. The Bertz CT molecular complexity index is 545. The molecule has 0 bridgehead atoms. The lowest BCUT2D eigenvalue weighted by atomic mass is 9.86. The van der Waals surface area contributed by atoms with Crippen LogP contribution in [0, 0.1) is 0 Å². The van der Waals surface area contributed by atoms with Crippen molar-refractivity contribution in [1.29, 1.82) is 0 Å². The number of aliphatic carboxylic acids is 2. The van der Waals surface area contributed by atoms with Gasteiger partial charge >= 0.3 is 11.9 Å². The highest BCUT2D eigenvalue weighted by atomic mass is 16.4. The van der Waals surface area contributed by atoms with Crippen molar-refractivity contribution in [3.63, 3.8) is 0 Å². The molecular weight excluding hydrogens is 282 g/mol. The summed E-state index contributed by atoms with van der Waals surface area (Å²) in [4.78, 5) is 18.2. The molecule has 116 valence electrons. The third-order valence-corrected chi connectivity index (χ3v) is 3.03. The van der Waals surface area contributed by atoms with Gasteiger partial charge in [-0.15, -0.1) is 0 Å². The molecule has 22 heavy (non-hydrogen) atoms. The summed E-state index contributed by atoms with van der Waals surface area (Å²) in [6.07, 6.45) is 0. The summed E-state index contributed by atoms with van der Waals surface area (Å²) in [5.74, 6) is -3.37. The maximum absolute atomic E-state index is 9.10. The summed E-state index contributed by atoms with van der Waals surface area (Å²) in [5.41, 5.74) is 8.66. The van der Waals surface area contributed by atoms with Crippen LogP contribution in [-0.2, 0) is 9.59 Å². The van der Waals surface area contributed by atoms with E-state index in [4.69, 9.17) is 25.5 Å². The monoisotopic (exact) mass is 301 g/mol. The van der Waals surface area contributed by atoms with E-state index in [1.807, 2.05) is 12.1 Å². The second kappa shape index (κ2) is 8.59. The van der Waals surface area contributed by atoms with Crippen LogP contribution in [0.2, 0.25) is 0 Å². The van der Waals surface area contributed by atoms with Gasteiger partial charge in [-0.1, -0.05) is 60.7 Å². The Morgan fingerprint density at radius 3 is 1.36 bits per heavy atom. The van der Waals surface area contributed by atoms with E-state index in [1.54, 1.807) is 0 Å². The van der Waals surface area contributed by atoms with E-state index in [9.17, 15) is 0 Å². The van der Waals surface area contributed by atoms with E-state index in [1.165, 1.54) is 11.1 Å². The first kappa shape index (κ1) is 17.4. The summed E-state index contributed by atoms with van der Waals surface area (Å²) < 4.78 is 0. The normalized spacial score (nSPS) is 11.2. The molecule has 0 aliphatic heterocycles. The van der Waals surface area contributed by atoms with Gasteiger partial charge < -0.3 is 15.9 Å². The highest BCUT2D eigenvalue weighted by molar-refractivity contribution is 6.27. The molecule has 5 nitrogen and oxygen atoms in total. The molecule has 0 aliphatic rings. The van der Waals surface area contributed by atoms with E-state index < -0.39 is 11.9 Å². The fourth-order valence-corrected chi connectivity index (χ4v) is 2.12. The van der Waals surface area contributed by atoms with Crippen molar-refractivity contribution < 1.29 is 19.8 Å². The minimum Gasteiger partial charge on any atom is -0.473 e. The molecule has 4 N–H and O–H groups in total. The van der Waals surface area contributed by atoms with Gasteiger partial charge in [0.1, 0.15) is 0 Å². The Labute approximate surface area is 129 Å². The number of carbonyl (C=O) groups is 2. The fourth-order valence-electron chi connectivity index (χ4n) is 2.12. The Morgan fingerprint density at radius 1 is 0.818 bits per heavy atom. The molecule has 0 saturated carbocycles. The predicted molar refractivity (Wildman–Crippen MR) is 83.6 cm³/mol. The van der Waals surface area contributed by atoms with Crippen molar-refractivity contribution >= 4 is 11.9 Å². The van der Waals surface area contributed by atoms with Crippen LogP contribution in [0.5, 0.6) is 0 Å². The van der Waals surface area contributed by atoms with Gasteiger partial charge in [0.25, 0.3) is 0 Å². The van der Waals surface area contributed by atoms with Gasteiger partial charge in [0, 0.05) is 12.0 Å². The third-order valence-electron chi connectivity index (χ3n) is 3.03. The van der Waals surface area contributed by atoms with Gasteiger partial charge in [0.05, 0.1) is 0 Å². The van der Waals surface area contributed by atoms with Gasteiger partial charge in [0.2, 0.25) is 0 Å². The zero-order valence-corrected chi connectivity index (χ0v) is 12.2. The topological polar surface area (TPSA) is 101 Å². The zero-order valence-electron chi connectivity index (χ0n) is 12.2. The average molecular weight is 301 g/mol. The standard InChI is InChI=1S/C15H17N.C2H2O4/c1-12(16)15(13-8-4-2-5-9-13)14-10-6-3-7-11-14;3-1(4)2(5)6/h2-12,15H,16H2,1H3;(H,3,4)(H,5,6). The van der Waals surface area contributed by atoms with Crippen LogP contribution >= 0.6 is 0 Å². The highest BCUT2D eigenvalue weighted by Gasteiger charge is 2.17. The number of hydrogen-bond donors (Lipinski definition) is 3. The van der Waals surface area contributed by atoms with Crippen molar-refractivity contribution in [2.24, 2.45) is 5.73 Å². The predicted octanol–water partition coefficient (Wildman–Crippen LogP) is 2.32. The highest BCUT2D eigenvalue weighted by Crippen LogP contribution is 2.26. The smallest absolute Gasteiger partial charge is 0.414 e. The first-order valence-electron chi connectivity index (χ1n) is 6.75. The number of carboxylic acid groups (broad SMARTS) is 2. The summed E-state index contributed by atoms with van der Waals surface area (Å²) in [7, 11) is 0. The SMILES string of the molecule is CC(N)C(c1ccccc1)c1ccccc1.O=C(O)C(=O)O. The first-order chi connectivity index (χ1) is 10.4. The molecule has 0 amide bonds. The average Bonchev–Trinajstić information content (AvgIpc) is 2.50. The Hall–Kier alpha value is -2.66. The minimum absolute atomic E-state index is 0.116. The maximum Gasteiger partial charge on any atom is 0.414 e. The van der Waals surface area contributed by atoms with Gasteiger partial charge in [-0.25, -0.2) is 9.59 Å². The van der Waals surface area contributed by atoms with Crippen LogP contribution in [0.25, 0.3) is 0 Å². The maximum atomic E-state index is 9.10. The van der Waals surface area contributed by atoms with Crippen molar-refractivity contribution in [2.45, 2.75) is 18.9 Å². The number of rotatable bonds is 3. The first-order valence-corrected chi connectivity index (χ1v) is 6.75. The van der Waals surface area contributed by atoms with Crippen LogP contribution in [-0.4, -0.2) is 28.2 Å². The number of nitrogens with two attached hydrogens (primary N) is 1. The Morgan fingerprint density at radius 2 is 1.14 bits per heavy atom. The minimum atomic E-state index is -1.82. The van der Waals surface area contributed by atoms with Gasteiger partial charge in [-0.3, -0.25) is 0 Å². The van der Waals surface area contributed by atoms with Crippen molar-refractivity contribution in [2.75, 3.05) is 0 Å². The number of carboxylic acids is 2. The van der Waals surface area contributed by atoms with E-state index in [-0.39, 0.29) is 12.0 Å². The number of hydrogen-bond acceptors (Lipinski definition) is 3. The van der Waals surface area contributed by atoms with E-state index in [0.29, 0.717) is 0 Å². The molecule has 0 aromatic heterocycles. The summed E-state index contributed by atoms with van der Waals surface area (Å²) in [5, 5.41) is 14.8. The molecule has 1 unspecified atom stereocenters. The molecule has 0 spiro atoms. The molecule has 0 radical (unpaired) electrons. The van der Waals surface area contributed by atoms with E-state index >= 15 is 0 Å². The molecule has 2 rings (SSSR count). The Balaban J connectivity index is 0.000000346. The second-order valence-corrected chi connectivity index (χ2v) is 4.77. The van der Waals surface area contributed by atoms with Crippen LogP contribution in [0.3, 0.4) is 0 Å². The number of benzene rings is 2. The molecule has 0 heterocycles. The van der Waals surface area contributed by atoms with Gasteiger partial charge in [-0.05, 0) is 18.1 Å². The second-order valence-electron chi connectivity index (χ2n) is 4.77. The Kier molecular flexibility index (Phi) is 6.79. The lowest BCUT2D eigenvalue weighted by molar-refractivity contribution is -0.159. The quantitative estimate of drug-likeness (QED) is 0.755. The molecule has 5 heteroatoms. The van der Waals surface area contributed by atoms with Crippen LogP contribution < -0.4 is 5.73 Å². The third kappa shape index (κ3) is 5.38. The summed E-state index contributed by atoms with van der Waals surface area (Å²) in [6.45, 7) is 2.06. The van der Waals surface area contributed by atoms with E-state index in [2.05, 4.69) is 55.5 Å². The summed E-state index contributed by atoms with van der Waals surface area (Å²) in [6, 6.07) is 21.0. The van der Waals surface area contributed by atoms with Crippen molar-refractivity contribution in [1.82, 2.24) is 0 Å². The molecule has 2 aromatic carbocycles. The van der Waals surface area contributed by atoms with Crippen LogP contribution in [0.4, 0.5) is 0 Å². The fraction of sp³-hybridized carbons (Fsp3) is 0.176. The molecule has 0 fully saturated rings. The molecular formula is C17H19NO4. The largest absolute Gasteiger partial charge is 0.473 e. The van der Waals surface area contributed by atoms with Crippen LogP contribution in [0.1, 0.15) is 24.0 Å². The van der Waals surface area contributed by atoms with Crippen molar-refractivity contribution in [3.05, 3.63) is 71.8 Å². The van der Waals surface area contributed by atoms with Gasteiger partial charge in [0.15, 0.2) is 0 Å². The molecule has 0 aliphatic carbocycles.